The highest BCUT2D eigenvalue weighted by molar-refractivity contribution is 9.10. The highest BCUT2D eigenvalue weighted by Crippen LogP contribution is 2.35. The SMILES string of the molecule is Cc1cc(NC(=O)CSC2=C(C#N)[C@H](c3ccccc3)CC(=O)N2)ccc1Br. The van der Waals surface area contributed by atoms with Gasteiger partial charge in [-0.25, -0.2) is 0 Å². The van der Waals surface area contributed by atoms with Gasteiger partial charge in [-0.05, 0) is 36.2 Å². The van der Waals surface area contributed by atoms with E-state index in [0.717, 1.165) is 15.6 Å². The molecule has 2 aromatic carbocycles. The van der Waals surface area contributed by atoms with Crippen LogP contribution < -0.4 is 10.6 Å². The Balaban J connectivity index is 1.73. The summed E-state index contributed by atoms with van der Waals surface area (Å²) in [6.45, 7) is 1.94. The first kappa shape index (κ1) is 20.2. The number of amides is 2. The molecule has 0 unspecified atom stereocenters. The minimum atomic E-state index is -0.292. The van der Waals surface area contributed by atoms with Gasteiger partial charge in [0.2, 0.25) is 11.8 Å². The highest BCUT2D eigenvalue weighted by Gasteiger charge is 2.29. The Bertz CT molecular complexity index is 983. The van der Waals surface area contributed by atoms with Crippen LogP contribution in [0.4, 0.5) is 5.69 Å². The number of carbonyl (C=O) groups excluding carboxylic acids is 2. The summed E-state index contributed by atoms with van der Waals surface area (Å²) in [6, 6.07) is 17.3. The molecule has 1 heterocycles. The Morgan fingerprint density at radius 2 is 2.07 bits per heavy atom. The number of hydrogen-bond acceptors (Lipinski definition) is 4. The van der Waals surface area contributed by atoms with Gasteiger partial charge in [-0.1, -0.05) is 58.0 Å². The number of hydrogen-bond donors (Lipinski definition) is 2. The molecule has 1 aliphatic rings. The van der Waals surface area contributed by atoms with Crippen molar-refractivity contribution in [2.24, 2.45) is 0 Å². The van der Waals surface area contributed by atoms with Crippen molar-refractivity contribution >= 4 is 45.2 Å². The Kier molecular flexibility index (Phi) is 6.55. The second-order valence-electron chi connectivity index (χ2n) is 6.37. The van der Waals surface area contributed by atoms with Crippen molar-refractivity contribution in [1.82, 2.24) is 5.32 Å². The molecule has 5 nitrogen and oxygen atoms in total. The number of halogens is 1. The molecule has 0 bridgehead atoms. The zero-order valence-corrected chi connectivity index (χ0v) is 17.6. The lowest BCUT2D eigenvalue weighted by Crippen LogP contribution is -2.31. The van der Waals surface area contributed by atoms with Gasteiger partial charge < -0.3 is 10.6 Å². The summed E-state index contributed by atoms with van der Waals surface area (Å²) in [7, 11) is 0. The largest absolute Gasteiger partial charge is 0.325 e. The van der Waals surface area contributed by atoms with E-state index in [0.29, 0.717) is 16.3 Å². The Morgan fingerprint density at radius 3 is 2.75 bits per heavy atom. The van der Waals surface area contributed by atoms with Gasteiger partial charge >= 0.3 is 0 Å². The highest BCUT2D eigenvalue weighted by atomic mass is 79.9. The van der Waals surface area contributed by atoms with Crippen molar-refractivity contribution in [3.63, 3.8) is 0 Å². The average molecular weight is 456 g/mol. The quantitative estimate of drug-likeness (QED) is 0.696. The summed E-state index contributed by atoms with van der Waals surface area (Å²) in [5.74, 6) is -0.552. The van der Waals surface area contributed by atoms with Crippen molar-refractivity contribution in [2.45, 2.75) is 19.3 Å². The molecule has 0 aromatic heterocycles. The van der Waals surface area contributed by atoms with E-state index in [1.54, 1.807) is 0 Å². The third-order valence-electron chi connectivity index (χ3n) is 4.35. The number of thioether (sulfide) groups is 1. The summed E-state index contributed by atoms with van der Waals surface area (Å²) in [5.41, 5.74) is 3.13. The number of benzene rings is 2. The fraction of sp³-hybridized carbons (Fsp3) is 0.190. The molecule has 0 saturated heterocycles. The van der Waals surface area contributed by atoms with Crippen LogP contribution in [0.25, 0.3) is 0 Å². The Labute approximate surface area is 176 Å². The predicted octanol–water partition coefficient (Wildman–Crippen LogP) is 4.47. The zero-order valence-electron chi connectivity index (χ0n) is 15.2. The van der Waals surface area contributed by atoms with Crippen LogP contribution in [0.3, 0.4) is 0 Å². The molecule has 28 heavy (non-hydrogen) atoms. The Hall–Kier alpha value is -2.56. The molecule has 2 amide bonds. The summed E-state index contributed by atoms with van der Waals surface area (Å²) in [5, 5.41) is 15.7. The van der Waals surface area contributed by atoms with Crippen molar-refractivity contribution in [2.75, 3.05) is 11.1 Å². The van der Waals surface area contributed by atoms with E-state index < -0.39 is 0 Å². The maximum Gasteiger partial charge on any atom is 0.234 e. The molecular weight excluding hydrogens is 438 g/mol. The minimum Gasteiger partial charge on any atom is -0.325 e. The van der Waals surface area contributed by atoms with Gasteiger partial charge in [-0.2, -0.15) is 5.26 Å². The monoisotopic (exact) mass is 455 g/mol. The summed E-state index contributed by atoms with van der Waals surface area (Å²) < 4.78 is 0.973. The van der Waals surface area contributed by atoms with E-state index in [1.165, 1.54) is 11.8 Å². The molecule has 0 radical (unpaired) electrons. The topological polar surface area (TPSA) is 82.0 Å². The third-order valence-corrected chi connectivity index (χ3v) is 6.25. The van der Waals surface area contributed by atoms with E-state index in [1.807, 2.05) is 55.5 Å². The molecule has 0 saturated carbocycles. The lowest BCUT2D eigenvalue weighted by atomic mass is 9.87. The van der Waals surface area contributed by atoms with Crippen LogP contribution in [0.1, 0.15) is 23.5 Å². The van der Waals surface area contributed by atoms with Crippen LogP contribution in [0.2, 0.25) is 0 Å². The lowest BCUT2D eigenvalue weighted by molar-refractivity contribution is -0.121. The van der Waals surface area contributed by atoms with Crippen molar-refractivity contribution < 1.29 is 9.59 Å². The van der Waals surface area contributed by atoms with Crippen LogP contribution in [0, 0.1) is 18.3 Å². The Morgan fingerprint density at radius 1 is 1.32 bits per heavy atom. The molecule has 2 N–H and O–H groups in total. The molecule has 142 valence electrons. The average Bonchev–Trinajstić information content (AvgIpc) is 2.69. The second kappa shape index (κ2) is 9.09. The van der Waals surface area contributed by atoms with Crippen LogP contribution in [0.15, 0.2) is 63.6 Å². The standard InChI is InChI=1S/C21H18BrN3O2S/c1-13-9-15(7-8-18(13)22)24-20(27)12-28-21-17(11-23)16(10-19(26)25-21)14-5-3-2-4-6-14/h2-9,16H,10,12H2,1H3,(H,24,27)(H,25,26)/t16-/m0/s1. The van der Waals surface area contributed by atoms with Crippen molar-refractivity contribution in [3.8, 4) is 6.07 Å². The van der Waals surface area contributed by atoms with Gasteiger partial charge in [0, 0.05) is 22.5 Å². The summed E-state index contributed by atoms with van der Waals surface area (Å²) >= 11 is 4.60. The first-order chi connectivity index (χ1) is 13.5. The first-order valence-electron chi connectivity index (χ1n) is 8.66. The normalized spacial score (nSPS) is 16.3. The molecule has 7 heteroatoms. The molecule has 1 atom stereocenters. The summed E-state index contributed by atoms with van der Waals surface area (Å²) in [4.78, 5) is 24.5. The van der Waals surface area contributed by atoms with Gasteiger partial charge in [0.25, 0.3) is 0 Å². The zero-order chi connectivity index (χ0) is 20.1. The van der Waals surface area contributed by atoms with E-state index in [9.17, 15) is 14.9 Å². The number of nitrogens with zero attached hydrogens (tertiary/aromatic N) is 1. The molecule has 0 aliphatic carbocycles. The van der Waals surface area contributed by atoms with E-state index in [-0.39, 0.29) is 29.9 Å². The smallest absolute Gasteiger partial charge is 0.234 e. The van der Waals surface area contributed by atoms with Crippen LogP contribution >= 0.6 is 27.7 Å². The molecular formula is C21H18BrN3O2S. The van der Waals surface area contributed by atoms with Gasteiger partial charge in [-0.15, -0.1) is 0 Å². The minimum absolute atomic E-state index is 0.0947. The van der Waals surface area contributed by atoms with Gasteiger partial charge in [0.05, 0.1) is 22.4 Å². The van der Waals surface area contributed by atoms with E-state index in [2.05, 4.69) is 32.6 Å². The molecule has 0 fully saturated rings. The number of nitriles is 1. The number of allylic oxidation sites excluding steroid dienone is 1. The maximum atomic E-state index is 12.3. The van der Waals surface area contributed by atoms with E-state index in [4.69, 9.17) is 0 Å². The second-order valence-corrected chi connectivity index (χ2v) is 8.21. The van der Waals surface area contributed by atoms with Crippen molar-refractivity contribution in [3.05, 3.63) is 74.7 Å². The first-order valence-corrected chi connectivity index (χ1v) is 10.4. The molecule has 2 aromatic rings. The lowest BCUT2D eigenvalue weighted by Gasteiger charge is -2.25. The predicted molar refractivity (Wildman–Crippen MR) is 115 cm³/mol. The molecule has 1 aliphatic heterocycles. The van der Waals surface area contributed by atoms with Gasteiger partial charge in [-0.3, -0.25) is 9.59 Å². The fourth-order valence-electron chi connectivity index (χ4n) is 2.96. The van der Waals surface area contributed by atoms with Crippen molar-refractivity contribution in [1.29, 1.82) is 5.26 Å². The van der Waals surface area contributed by atoms with Crippen LogP contribution in [0.5, 0.6) is 0 Å². The molecule has 3 rings (SSSR count). The number of rotatable bonds is 5. The number of carbonyl (C=O) groups is 2. The number of nitrogens with one attached hydrogen (secondary N) is 2. The van der Waals surface area contributed by atoms with Gasteiger partial charge in [0.15, 0.2) is 0 Å². The fourth-order valence-corrected chi connectivity index (χ4v) is 4.08. The molecule has 0 spiro atoms. The summed E-state index contributed by atoms with van der Waals surface area (Å²) in [6.07, 6.45) is 0.224. The van der Waals surface area contributed by atoms with Crippen LogP contribution in [-0.2, 0) is 9.59 Å². The van der Waals surface area contributed by atoms with E-state index >= 15 is 0 Å². The third kappa shape index (κ3) is 4.83. The number of anilines is 1. The van der Waals surface area contributed by atoms with Gasteiger partial charge in [0.1, 0.15) is 0 Å². The maximum absolute atomic E-state index is 12.3. The number of aryl methyl sites for hydroxylation is 1. The van der Waals surface area contributed by atoms with Crippen LogP contribution in [-0.4, -0.2) is 17.6 Å².